The van der Waals surface area contributed by atoms with Crippen LogP contribution in [0.4, 0.5) is 5.82 Å². The van der Waals surface area contributed by atoms with Gasteiger partial charge in [0.1, 0.15) is 5.82 Å². The van der Waals surface area contributed by atoms with Crippen molar-refractivity contribution in [1.82, 2.24) is 25.2 Å². The maximum absolute atomic E-state index is 12.7. The molecule has 0 radical (unpaired) electrons. The van der Waals surface area contributed by atoms with Gasteiger partial charge in [-0.2, -0.15) is 0 Å². The third-order valence-electron chi connectivity index (χ3n) is 6.52. The Balaban J connectivity index is 1.30. The molecule has 0 bridgehead atoms. The Bertz CT molecular complexity index is 1430. The van der Waals surface area contributed by atoms with Gasteiger partial charge < -0.3 is 15.1 Å². The number of carbonyl (C=O) groups excluding carboxylic acids is 2. The van der Waals surface area contributed by atoms with Gasteiger partial charge in [0, 0.05) is 62.2 Å². The summed E-state index contributed by atoms with van der Waals surface area (Å²) in [6.45, 7) is 4.80. The van der Waals surface area contributed by atoms with E-state index in [1.165, 1.54) is 0 Å². The van der Waals surface area contributed by atoms with Crippen molar-refractivity contribution in [2.45, 2.75) is 24.4 Å². The number of carbonyl (C=O) groups is 2. The van der Waals surface area contributed by atoms with E-state index >= 15 is 0 Å². The smallest absolute Gasteiger partial charge is 0.251 e. The Labute approximate surface area is 232 Å². The first-order valence-corrected chi connectivity index (χ1v) is 13.9. The number of aromatic nitrogens is 3. The molecule has 1 aliphatic rings. The molecule has 2 aromatic carbocycles. The van der Waals surface area contributed by atoms with Gasteiger partial charge in [-0.3, -0.25) is 14.6 Å². The molecule has 8 nitrogen and oxygen atoms in total. The number of piperazine rings is 1. The molecule has 0 unspecified atom stereocenters. The number of hydrogen-bond acceptors (Lipinski definition) is 7. The van der Waals surface area contributed by atoms with Crippen LogP contribution >= 0.6 is 11.8 Å². The van der Waals surface area contributed by atoms with Crippen LogP contribution in [0, 0.1) is 0 Å². The van der Waals surface area contributed by atoms with Gasteiger partial charge in [0.05, 0.1) is 17.9 Å². The monoisotopic (exact) mass is 538 g/mol. The van der Waals surface area contributed by atoms with Crippen LogP contribution in [0.15, 0.2) is 90.2 Å². The van der Waals surface area contributed by atoms with E-state index in [1.54, 1.807) is 24.9 Å². The first-order chi connectivity index (χ1) is 19.0. The molecule has 4 aromatic rings. The Morgan fingerprint density at radius 3 is 2.44 bits per heavy atom. The lowest BCUT2D eigenvalue weighted by molar-refractivity contribution is -0.129. The van der Waals surface area contributed by atoms with Crippen molar-refractivity contribution in [1.29, 1.82) is 0 Å². The molecule has 0 saturated carbocycles. The molecule has 1 N–H and O–H groups in total. The molecule has 5 rings (SSSR count). The topological polar surface area (TPSA) is 91.3 Å². The maximum Gasteiger partial charge on any atom is 0.251 e. The average molecular weight is 539 g/mol. The molecule has 198 valence electrons. The fourth-order valence-corrected chi connectivity index (χ4v) is 5.17. The van der Waals surface area contributed by atoms with Crippen molar-refractivity contribution in [2.24, 2.45) is 0 Å². The lowest BCUT2D eigenvalue weighted by Crippen LogP contribution is -2.48. The predicted molar refractivity (Wildman–Crippen MR) is 153 cm³/mol. The van der Waals surface area contributed by atoms with Crippen molar-refractivity contribution < 1.29 is 9.59 Å². The highest BCUT2D eigenvalue weighted by molar-refractivity contribution is 7.98. The molecule has 1 saturated heterocycles. The second-order valence-electron chi connectivity index (χ2n) is 9.25. The fraction of sp³-hybridized carbons (Fsp3) is 0.233. The minimum absolute atomic E-state index is 0.103. The summed E-state index contributed by atoms with van der Waals surface area (Å²) in [7, 11) is 0. The number of pyridine rings is 1. The van der Waals surface area contributed by atoms with Crippen LogP contribution in [0.25, 0.3) is 11.3 Å². The van der Waals surface area contributed by atoms with E-state index in [9.17, 15) is 9.59 Å². The molecule has 0 aliphatic carbocycles. The standard InChI is InChI=1S/C30H30N6O2S/c1-22(37)35-14-16-36(17-15-35)28-19-27(24-9-3-2-4-10-24)33-30(34-28)39-21-23-8-7-11-25(18-23)29(38)32-20-26-12-5-6-13-31-26/h2-13,18-19H,14-17,20-21H2,1H3,(H,32,38). The Hall–Kier alpha value is -4.24. The quantitative estimate of drug-likeness (QED) is 0.262. The highest BCUT2D eigenvalue weighted by atomic mass is 32.2. The number of rotatable bonds is 8. The summed E-state index contributed by atoms with van der Waals surface area (Å²) in [6, 6.07) is 25.4. The zero-order valence-corrected chi connectivity index (χ0v) is 22.6. The number of nitrogens with one attached hydrogen (secondary N) is 1. The lowest BCUT2D eigenvalue weighted by atomic mass is 10.1. The van der Waals surface area contributed by atoms with Crippen molar-refractivity contribution >= 4 is 29.4 Å². The third-order valence-corrected chi connectivity index (χ3v) is 7.44. The fourth-order valence-electron chi connectivity index (χ4n) is 4.37. The van der Waals surface area contributed by atoms with E-state index < -0.39 is 0 Å². The first kappa shape index (κ1) is 26.4. The Kier molecular flexibility index (Phi) is 8.48. The van der Waals surface area contributed by atoms with E-state index in [0.29, 0.717) is 36.1 Å². The first-order valence-electron chi connectivity index (χ1n) is 12.9. The number of anilines is 1. The van der Waals surface area contributed by atoms with Gasteiger partial charge in [0.15, 0.2) is 5.16 Å². The predicted octanol–water partition coefficient (Wildman–Crippen LogP) is 4.43. The van der Waals surface area contributed by atoms with Crippen LogP contribution < -0.4 is 10.2 Å². The molecule has 9 heteroatoms. The molecule has 1 fully saturated rings. The van der Waals surface area contributed by atoms with Crippen LogP contribution in [0.2, 0.25) is 0 Å². The van der Waals surface area contributed by atoms with E-state index in [0.717, 1.165) is 41.4 Å². The zero-order valence-electron chi connectivity index (χ0n) is 21.8. The molecule has 1 aliphatic heterocycles. The highest BCUT2D eigenvalue weighted by Crippen LogP contribution is 2.28. The normalized spacial score (nSPS) is 13.3. The summed E-state index contributed by atoms with van der Waals surface area (Å²) in [5, 5.41) is 3.60. The van der Waals surface area contributed by atoms with E-state index in [4.69, 9.17) is 9.97 Å². The number of amides is 2. The SMILES string of the molecule is CC(=O)N1CCN(c2cc(-c3ccccc3)nc(SCc3cccc(C(=O)NCc4ccccn4)c3)n2)CC1. The minimum Gasteiger partial charge on any atom is -0.353 e. The summed E-state index contributed by atoms with van der Waals surface area (Å²) >= 11 is 1.54. The second-order valence-corrected chi connectivity index (χ2v) is 10.2. The Morgan fingerprint density at radius 1 is 0.897 bits per heavy atom. The molecule has 3 heterocycles. The van der Waals surface area contributed by atoms with Crippen LogP contribution in [0.3, 0.4) is 0 Å². The van der Waals surface area contributed by atoms with Gasteiger partial charge in [0.25, 0.3) is 5.91 Å². The molecular weight excluding hydrogens is 508 g/mol. The van der Waals surface area contributed by atoms with E-state index in [2.05, 4.69) is 15.2 Å². The van der Waals surface area contributed by atoms with E-state index in [1.807, 2.05) is 83.8 Å². The van der Waals surface area contributed by atoms with Gasteiger partial charge in [-0.15, -0.1) is 0 Å². The second kappa shape index (κ2) is 12.5. The maximum atomic E-state index is 12.7. The summed E-state index contributed by atoms with van der Waals surface area (Å²) in [5.41, 5.74) is 4.31. The molecule has 39 heavy (non-hydrogen) atoms. The molecular formula is C30H30N6O2S. The van der Waals surface area contributed by atoms with Crippen LogP contribution in [-0.4, -0.2) is 57.8 Å². The van der Waals surface area contributed by atoms with E-state index in [-0.39, 0.29) is 11.8 Å². The van der Waals surface area contributed by atoms with Crippen molar-refractivity contribution in [3.8, 4) is 11.3 Å². The summed E-state index contributed by atoms with van der Waals surface area (Å²) in [5.74, 6) is 1.45. The van der Waals surface area contributed by atoms with Gasteiger partial charge in [-0.1, -0.05) is 60.3 Å². The Morgan fingerprint density at radius 2 is 1.69 bits per heavy atom. The number of hydrogen-bond donors (Lipinski definition) is 1. The van der Waals surface area contributed by atoms with Gasteiger partial charge in [-0.25, -0.2) is 9.97 Å². The van der Waals surface area contributed by atoms with Crippen molar-refractivity contribution in [3.63, 3.8) is 0 Å². The largest absolute Gasteiger partial charge is 0.353 e. The third kappa shape index (κ3) is 7.00. The number of benzene rings is 2. The zero-order chi connectivity index (χ0) is 27.0. The van der Waals surface area contributed by atoms with Crippen LogP contribution in [-0.2, 0) is 17.1 Å². The van der Waals surface area contributed by atoms with Gasteiger partial charge in [-0.05, 0) is 29.8 Å². The minimum atomic E-state index is -0.137. The van der Waals surface area contributed by atoms with Crippen LogP contribution in [0.5, 0.6) is 0 Å². The summed E-state index contributed by atoms with van der Waals surface area (Å²) < 4.78 is 0. The van der Waals surface area contributed by atoms with Gasteiger partial charge in [0.2, 0.25) is 5.91 Å². The number of thioether (sulfide) groups is 1. The highest BCUT2D eigenvalue weighted by Gasteiger charge is 2.21. The molecule has 0 atom stereocenters. The summed E-state index contributed by atoms with van der Waals surface area (Å²) in [4.78, 5) is 42.6. The average Bonchev–Trinajstić information content (AvgIpc) is 3.00. The van der Waals surface area contributed by atoms with Crippen LogP contribution in [0.1, 0.15) is 28.5 Å². The summed E-state index contributed by atoms with van der Waals surface area (Å²) in [6.07, 6.45) is 1.71. The molecule has 2 amide bonds. The molecule has 0 spiro atoms. The molecule has 2 aromatic heterocycles. The number of nitrogens with zero attached hydrogens (tertiary/aromatic N) is 5. The van der Waals surface area contributed by atoms with Crippen molar-refractivity contribution in [3.05, 3.63) is 102 Å². The lowest BCUT2D eigenvalue weighted by Gasteiger charge is -2.35. The van der Waals surface area contributed by atoms with Crippen molar-refractivity contribution in [2.75, 3.05) is 31.1 Å². The van der Waals surface area contributed by atoms with Gasteiger partial charge >= 0.3 is 0 Å².